The summed E-state index contributed by atoms with van der Waals surface area (Å²) in [4.78, 5) is 15.7. The summed E-state index contributed by atoms with van der Waals surface area (Å²) in [5.41, 5.74) is 5.17. The van der Waals surface area contributed by atoms with Crippen LogP contribution >= 0.6 is 0 Å². The quantitative estimate of drug-likeness (QED) is 0.872. The topological polar surface area (TPSA) is 67.5 Å². The number of aromatic nitrogens is 2. The molecule has 2 aromatic rings. The molecule has 1 aromatic heterocycles. The first-order valence-electron chi connectivity index (χ1n) is 8.58. The summed E-state index contributed by atoms with van der Waals surface area (Å²) in [7, 11) is 0. The minimum atomic E-state index is -0.920. The van der Waals surface area contributed by atoms with E-state index in [0.717, 1.165) is 29.1 Å². The highest BCUT2D eigenvalue weighted by Gasteiger charge is 2.19. The lowest BCUT2D eigenvalue weighted by Crippen LogP contribution is -2.09. The van der Waals surface area contributed by atoms with Gasteiger partial charge in [-0.05, 0) is 43.5 Å². The third-order valence-corrected chi connectivity index (χ3v) is 4.31. The van der Waals surface area contributed by atoms with Gasteiger partial charge in [-0.25, -0.2) is 4.79 Å². The number of aliphatic imine (C=N–C) groups is 1. The van der Waals surface area contributed by atoms with Crippen molar-refractivity contribution in [1.82, 2.24) is 9.78 Å². The van der Waals surface area contributed by atoms with Crippen molar-refractivity contribution in [2.45, 2.75) is 46.1 Å². The van der Waals surface area contributed by atoms with Gasteiger partial charge in [0, 0.05) is 18.2 Å². The normalized spacial score (nSPS) is 14.2. The van der Waals surface area contributed by atoms with Crippen LogP contribution in [-0.2, 0) is 0 Å². The monoisotopic (exact) mass is 337 g/mol. The Hall–Kier alpha value is -2.69. The van der Waals surface area contributed by atoms with Crippen LogP contribution in [0.25, 0.3) is 5.70 Å². The number of allylic oxidation sites excluding steroid dienone is 1. The van der Waals surface area contributed by atoms with Crippen LogP contribution in [0.15, 0.2) is 41.4 Å². The molecule has 1 aliphatic rings. The number of aromatic carboxylic acids is 1. The smallest absolute Gasteiger partial charge is 0.335 e. The minimum absolute atomic E-state index is 0.281. The zero-order chi connectivity index (χ0) is 18.1. The van der Waals surface area contributed by atoms with Gasteiger partial charge in [0.2, 0.25) is 0 Å². The lowest BCUT2D eigenvalue weighted by atomic mass is 10.1. The summed E-state index contributed by atoms with van der Waals surface area (Å²) in [6, 6.07) is 9.26. The number of carbonyl (C=O) groups is 1. The number of nitrogens with zero attached hydrogens (tertiary/aromatic N) is 3. The Kier molecular flexibility index (Phi) is 4.57. The summed E-state index contributed by atoms with van der Waals surface area (Å²) >= 11 is 0. The number of hydrogen-bond donors (Lipinski definition) is 1. The molecule has 0 fully saturated rings. The molecule has 25 heavy (non-hydrogen) atoms. The van der Waals surface area contributed by atoms with Crippen molar-refractivity contribution < 1.29 is 9.90 Å². The Morgan fingerprint density at radius 2 is 1.84 bits per heavy atom. The first-order valence-corrected chi connectivity index (χ1v) is 8.58. The summed E-state index contributed by atoms with van der Waals surface area (Å²) in [5.74, 6) is -0.516. The standard InChI is InChI=1S/C20H23N3O2/c1-12(2)19-11-18(22-23(19)13(3)4)17-10-9-16(21-17)14-5-7-15(8-6-14)20(24)25/h5-9,11-13H,10H2,1-4H3,(H,24,25). The van der Waals surface area contributed by atoms with Gasteiger partial charge >= 0.3 is 5.97 Å². The lowest BCUT2D eigenvalue weighted by molar-refractivity contribution is 0.0697. The van der Waals surface area contributed by atoms with Gasteiger partial charge < -0.3 is 5.11 Å². The second-order valence-electron chi connectivity index (χ2n) is 6.88. The van der Waals surface area contributed by atoms with Crippen molar-refractivity contribution in [2.24, 2.45) is 4.99 Å². The van der Waals surface area contributed by atoms with Crippen LogP contribution in [0.4, 0.5) is 0 Å². The highest BCUT2D eigenvalue weighted by molar-refractivity contribution is 6.06. The Bertz CT molecular complexity index is 830. The molecule has 0 saturated carbocycles. The number of benzene rings is 1. The lowest BCUT2D eigenvalue weighted by Gasteiger charge is -2.12. The van der Waals surface area contributed by atoms with E-state index >= 15 is 0 Å². The molecule has 1 N–H and O–H groups in total. The Labute approximate surface area is 147 Å². The van der Waals surface area contributed by atoms with Gasteiger partial charge in [-0.3, -0.25) is 9.67 Å². The fraction of sp³-hybridized carbons (Fsp3) is 0.350. The van der Waals surface area contributed by atoms with Crippen LogP contribution in [0.3, 0.4) is 0 Å². The van der Waals surface area contributed by atoms with Crippen LogP contribution < -0.4 is 0 Å². The van der Waals surface area contributed by atoms with E-state index in [1.165, 1.54) is 5.69 Å². The van der Waals surface area contributed by atoms with Crippen molar-refractivity contribution >= 4 is 17.4 Å². The summed E-state index contributed by atoms with van der Waals surface area (Å²) in [6.07, 6.45) is 2.80. The van der Waals surface area contributed by atoms with E-state index in [4.69, 9.17) is 15.2 Å². The maximum absolute atomic E-state index is 11.0. The molecule has 0 saturated heterocycles. The predicted octanol–water partition coefficient (Wildman–Crippen LogP) is 4.52. The van der Waals surface area contributed by atoms with Crippen LogP contribution in [0.1, 0.15) is 73.4 Å². The molecule has 5 heteroatoms. The van der Waals surface area contributed by atoms with Crippen molar-refractivity contribution in [2.75, 3.05) is 0 Å². The van der Waals surface area contributed by atoms with Gasteiger partial charge in [0.05, 0.1) is 17.0 Å². The van der Waals surface area contributed by atoms with E-state index in [-0.39, 0.29) is 5.56 Å². The summed E-state index contributed by atoms with van der Waals surface area (Å²) in [5, 5.41) is 13.8. The third kappa shape index (κ3) is 3.40. The molecule has 0 unspecified atom stereocenters. The molecular formula is C20H23N3O2. The van der Waals surface area contributed by atoms with Crippen LogP contribution in [0.5, 0.6) is 0 Å². The molecule has 0 bridgehead atoms. The predicted molar refractivity (Wildman–Crippen MR) is 99.2 cm³/mol. The molecule has 1 aromatic carbocycles. The summed E-state index contributed by atoms with van der Waals surface area (Å²) in [6.45, 7) is 8.60. The van der Waals surface area contributed by atoms with Crippen molar-refractivity contribution in [3.8, 4) is 0 Å². The molecular weight excluding hydrogens is 314 g/mol. The van der Waals surface area contributed by atoms with Gasteiger partial charge in [0.1, 0.15) is 5.69 Å². The zero-order valence-electron chi connectivity index (χ0n) is 15.0. The van der Waals surface area contributed by atoms with E-state index in [1.54, 1.807) is 24.3 Å². The van der Waals surface area contributed by atoms with E-state index in [2.05, 4.69) is 44.5 Å². The second kappa shape index (κ2) is 6.67. The number of hydrogen-bond acceptors (Lipinski definition) is 3. The summed E-state index contributed by atoms with van der Waals surface area (Å²) < 4.78 is 2.07. The number of rotatable bonds is 5. The SMILES string of the molecule is CC(C)c1cc(C2=NC(c3ccc(C(=O)O)cc3)=CC2)nn1C(C)C. The molecule has 5 nitrogen and oxygen atoms in total. The van der Waals surface area contributed by atoms with Crippen LogP contribution in [0, 0.1) is 0 Å². The van der Waals surface area contributed by atoms with Crippen LogP contribution in [-0.4, -0.2) is 26.6 Å². The van der Waals surface area contributed by atoms with Gasteiger partial charge in [-0.1, -0.05) is 32.1 Å². The average Bonchev–Trinajstić information content (AvgIpc) is 3.22. The fourth-order valence-corrected chi connectivity index (χ4v) is 2.95. The third-order valence-electron chi connectivity index (χ3n) is 4.31. The molecule has 0 radical (unpaired) electrons. The zero-order valence-corrected chi connectivity index (χ0v) is 15.0. The Morgan fingerprint density at radius 3 is 2.36 bits per heavy atom. The van der Waals surface area contributed by atoms with Crippen molar-refractivity contribution in [1.29, 1.82) is 0 Å². The largest absolute Gasteiger partial charge is 0.478 e. The van der Waals surface area contributed by atoms with Gasteiger partial charge in [0.15, 0.2) is 0 Å². The molecule has 1 aliphatic heterocycles. The number of carboxylic acid groups (broad SMARTS) is 1. The van der Waals surface area contributed by atoms with Crippen molar-refractivity contribution in [3.63, 3.8) is 0 Å². The molecule has 0 spiro atoms. The average molecular weight is 337 g/mol. The van der Waals surface area contributed by atoms with Gasteiger partial charge in [-0.15, -0.1) is 0 Å². The molecule has 3 rings (SSSR count). The molecule has 0 aliphatic carbocycles. The minimum Gasteiger partial charge on any atom is -0.478 e. The second-order valence-corrected chi connectivity index (χ2v) is 6.88. The maximum Gasteiger partial charge on any atom is 0.335 e. The van der Waals surface area contributed by atoms with Crippen LogP contribution in [0.2, 0.25) is 0 Å². The highest BCUT2D eigenvalue weighted by atomic mass is 16.4. The van der Waals surface area contributed by atoms with Crippen molar-refractivity contribution in [3.05, 3.63) is 58.9 Å². The fourth-order valence-electron chi connectivity index (χ4n) is 2.95. The molecule has 0 atom stereocenters. The maximum atomic E-state index is 11.0. The van der Waals surface area contributed by atoms with E-state index in [1.807, 2.05) is 0 Å². The molecule has 0 amide bonds. The van der Waals surface area contributed by atoms with E-state index in [0.29, 0.717) is 12.0 Å². The van der Waals surface area contributed by atoms with Gasteiger partial charge in [-0.2, -0.15) is 5.10 Å². The Balaban J connectivity index is 1.88. The molecule has 130 valence electrons. The first kappa shape index (κ1) is 17.1. The Morgan fingerprint density at radius 1 is 1.16 bits per heavy atom. The van der Waals surface area contributed by atoms with E-state index < -0.39 is 5.97 Å². The highest BCUT2D eigenvalue weighted by Crippen LogP contribution is 2.27. The molecule has 2 heterocycles. The van der Waals surface area contributed by atoms with E-state index in [9.17, 15) is 4.79 Å². The van der Waals surface area contributed by atoms with Gasteiger partial charge in [0.25, 0.3) is 0 Å². The number of carboxylic acids is 1. The first-order chi connectivity index (χ1) is 11.9.